The van der Waals surface area contributed by atoms with E-state index in [0.717, 1.165) is 3.57 Å². The minimum absolute atomic E-state index is 0.0895. The fourth-order valence-corrected chi connectivity index (χ4v) is 2.78. The minimum atomic E-state index is -0.720. The molecule has 0 spiro atoms. The lowest BCUT2D eigenvalue weighted by atomic mass is 9.79. The number of benzene rings is 1. The van der Waals surface area contributed by atoms with Crippen molar-refractivity contribution in [3.05, 3.63) is 26.5 Å². The maximum Gasteiger partial charge on any atom is 0.497 e. The molecule has 98 valence electrons. The molecule has 0 amide bonds. The van der Waals surface area contributed by atoms with Crippen LogP contribution in [0.15, 0.2) is 12.1 Å². The van der Waals surface area contributed by atoms with Crippen LogP contribution in [0, 0.1) is 9.39 Å². The normalized spacial score (nSPS) is 21.4. The second kappa shape index (κ2) is 4.61. The Morgan fingerprint density at radius 2 is 1.67 bits per heavy atom. The molecule has 2 nitrogen and oxygen atoms in total. The molecule has 1 fully saturated rings. The van der Waals surface area contributed by atoms with Gasteiger partial charge in [0.25, 0.3) is 0 Å². The topological polar surface area (TPSA) is 18.5 Å². The average molecular weight is 382 g/mol. The van der Waals surface area contributed by atoms with E-state index in [1.807, 2.05) is 27.7 Å². The van der Waals surface area contributed by atoms with Gasteiger partial charge in [0.05, 0.1) is 16.2 Å². The van der Waals surface area contributed by atoms with Gasteiger partial charge in [-0.25, -0.2) is 4.39 Å². The largest absolute Gasteiger partial charge is 0.497 e. The molecule has 1 aromatic rings. The van der Waals surface area contributed by atoms with Crippen LogP contribution in [0.2, 0.25) is 5.02 Å². The maximum atomic E-state index is 14.0. The van der Waals surface area contributed by atoms with Crippen molar-refractivity contribution in [2.24, 2.45) is 0 Å². The van der Waals surface area contributed by atoms with Crippen LogP contribution < -0.4 is 5.46 Å². The zero-order valence-corrected chi connectivity index (χ0v) is 13.6. The lowest BCUT2D eigenvalue weighted by molar-refractivity contribution is 0.00578. The number of hydrogen-bond acceptors (Lipinski definition) is 2. The molecule has 2 rings (SSSR count). The number of hydrogen-bond donors (Lipinski definition) is 0. The molecular formula is C12H14BClFIO2. The van der Waals surface area contributed by atoms with E-state index < -0.39 is 24.1 Å². The Bertz CT molecular complexity index is 477. The minimum Gasteiger partial charge on any atom is -0.399 e. The van der Waals surface area contributed by atoms with Crippen molar-refractivity contribution in [1.29, 1.82) is 0 Å². The Balaban J connectivity index is 2.41. The molecule has 0 aromatic heterocycles. The van der Waals surface area contributed by atoms with E-state index in [9.17, 15) is 4.39 Å². The van der Waals surface area contributed by atoms with Crippen molar-refractivity contribution in [2.75, 3.05) is 0 Å². The monoisotopic (exact) mass is 382 g/mol. The molecule has 0 aliphatic carbocycles. The van der Waals surface area contributed by atoms with Crippen LogP contribution in [-0.4, -0.2) is 18.3 Å². The number of rotatable bonds is 1. The summed E-state index contributed by atoms with van der Waals surface area (Å²) >= 11 is 7.94. The summed E-state index contributed by atoms with van der Waals surface area (Å²) in [5.74, 6) is -0.476. The van der Waals surface area contributed by atoms with Crippen LogP contribution in [-0.2, 0) is 9.31 Å². The maximum absolute atomic E-state index is 14.0. The Hall–Kier alpha value is 0.155. The summed E-state index contributed by atoms with van der Waals surface area (Å²) in [5, 5.41) is 0.0895. The van der Waals surface area contributed by atoms with Crippen LogP contribution in [0.3, 0.4) is 0 Å². The Labute approximate surface area is 125 Å². The lowest BCUT2D eigenvalue weighted by Crippen LogP contribution is -2.41. The highest BCUT2D eigenvalue weighted by molar-refractivity contribution is 14.1. The summed E-state index contributed by atoms with van der Waals surface area (Å²) in [6.07, 6.45) is 0. The van der Waals surface area contributed by atoms with Gasteiger partial charge in [0.1, 0.15) is 5.82 Å². The van der Waals surface area contributed by atoms with Gasteiger partial charge in [-0.3, -0.25) is 0 Å². The van der Waals surface area contributed by atoms with Crippen molar-refractivity contribution in [1.82, 2.24) is 0 Å². The summed E-state index contributed by atoms with van der Waals surface area (Å²) in [4.78, 5) is 0. The summed E-state index contributed by atoms with van der Waals surface area (Å²) in [6.45, 7) is 7.72. The Kier molecular flexibility index (Phi) is 3.73. The zero-order valence-electron chi connectivity index (χ0n) is 10.7. The predicted molar refractivity (Wildman–Crippen MR) is 79.8 cm³/mol. The van der Waals surface area contributed by atoms with Crippen molar-refractivity contribution < 1.29 is 13.7 Å². The van der Waals surface area contributed by atoms with E-state index in [4.69, 9.17) is 20.9 Å². The van der Waals surface area contributed by atoms with Crippen LogP contribution >= 0.6 is 34.2 Å². The fraction of sp³-hybridized carbons (Fsp3) is 0.500. The number of halogens is 3. The Morgan fingerprint density at radius 3 is 2.17 bits per heavy atom. The summed E-state index contributed by atoms with van der Waals surface area (Å²) in [7, 11) is -0.720. The lowest BCUT2D eigenvalue weighted by Gasteiger charge is -2.32. The third-order valence-electron chi connectivity index (χ3n) is 3.53. The van der Waals surface area contributed by atoms with E-state index >= 15 is 0 Å². The molecule has 1 aliphatic heterocycles. The third-order valence-corrected chi connectivity index (χ3v) is 4.43. The fourth-order valence-electron chi connectivity index (χ4n) is 1.72. The molecule has 0 N–H and O–H groups in total. The highest BCUT2D eigenvalue weighted by Crippen LogP contribution is 2.37. The molecule has 1 saturated heterocycles. The SMILES string of the molecule is CC1(C)OB(c2cc(I)cc(Cl)c2F)OC1(C)C. The molecule has 6 heteroatoms. The zero-order chi connectivity index (χ0) is 13.7. The van der Waals surface area contributed by atoms with Crippen molar-refractivity contribution >= 4 is 46.8 Å². The van der Waals surface area contributed by atoms with Crippen LogP contribution in [0.25, 0.3) is 0 Å². The van der Waals surface area contributed by atoms with E-state index in [1.54, 1.807) is 12.1 Å². The molecule has 1 heterocycles. The first-order chi connectivity index (χ1) is 8.14. The van der Waals surface area contributed by atoms with Gasteiger partial charge in [-0.05, 0) is 62.4 Å². The molecule has 1 aliphatic rings. The van der Waals surface area contributed by atoms with Crippen LogP contribution in [0.4, 0.5) is 4.39 Å². The molecular weight excluding hydrogens is 368 g/mol. The quantitative estimate of drug-likeness (QED) is 0.421. The first kappa shape index (κ1) is 14.6. The summed E-state index contributed by atoms with van der Waals surface area (Å²) < 4.78 is 26.5. The molecule has 1 aromatic carbocycles. The van der Waals surface area contributed by atoms with Crippen LogP contribution in [0.5, 0.6) is 0 Å². The Morgan fingerprint density at radius 1 is 1.17 bits per heavy atom. The first-order valence-corrected chi connectivity index (χ1v) is 7.10. The van der Waals surface area contributed by atoms with Gasteiger partial charge in [0.2, 0.25) is 0 Å². The molecule has 0 atom stereocenters. The van der Waals surface area contributed by atoms with Gasteiger partial charge < -0.3 is 9.31 Å². The van der Waals surface area contributed by atoms with E-state index in [0.29, 0.717) is 5.46 Å². The van der Waals surface area contributed by atoms with Crippen molar-refractivity contribution in [3.63, 3.8) is 0 Å². The van der Waals surface area contributed by atoms with E-state index in [-0.39, 0.29) is 5.02 Å². The van der Waals surface area contributed by atoms with Crippen molar-refractivity contribution in [2.45, 2.75) is 38.9 Å². The van der Waals surface area contributed by atoms with Gasteiger partial charge in [-0.1, -0.05) is 11.6 Å². The first-order valence-electron chi connectivity index (χ1n) is 5.64. The van der Waals surface area contributed by atoms with Gasteiger partial charge in [0.15, 0.2) is 0 Å². The molecule has 0 saturated carbocycles. The third kappa shape index (κ3) is 2.42. The van der Waals surface area contributed by atoms with Gasteiger partial charge in [-0.15, -0.1) is 0 Å². The van der Waals surface area contributed by atoms with Crippen LogP contribution in [0.1, 0.15) is 27.7 Å². The summed E-state index contributed by atoms with van der Waals surface area (Å²) in [6, 6.07) is 3.27. The van der Waals surface area contributed by atoms with Crippen molar-refractivity contribution in [3.8, 4) is 0 Å². The standard InChI is InChI=1S/C12H14BClFIO2/c1-11(2)12(3,4)18-13(17-11)8-5-7(16)6-9(14)10(8)15/h5-6H,1-4H3. The molecule has 0 radical (unpaired) electrons. The molecule has 0 unspecified atom stereocenters. The summed E-state index contributed by atoms with van der Waals surface area (Å²) in [5.41, 5.74) is -0.624. The highest BCUT2D eigenvalue weighted by Gasteiger charge is 2.52. The molecule has 18 heavy (non-hydrogen) atoms. The molecule has 0 bridgehead atoms. The predicted octanol–water partition coefficient (Wildman–Crippen LogP) is 3.38. The van der Waals surface area contributed by atoms with Gasteiger partial charge >= 0.3 is 7.12 Å². The second-order valence-corrected chi connectivity index (χ2v) is 7.03. The van der Waals surface area contributed by atoms with Gasteiger partial charge in [-0.2, -0.15) is 0 Å². The average Bonchev–Trinajstić information content (AvgIpc) is 2.42. The van der Waals surface area contributed by atoms with E-state index in [1.165, 1.54) is 0 Å². The van der Waals surface area contributed by atoms with Gasteiger partial charge in [0, 0.05) is 9.03 Å². The second-order valence-electron chi connectivity index (χ2n) is 5.38. The highest BCUT2D eigenvalue weighted by atomic mass is 127. The van der Waals surface area contributed by atoms with E-state index in [2.05, 4.69) is 22.6 Å². The smallest absolute Gasteiger partial charge is 0.399 e.